The van der Waals surface area contributed by atoms with Gasteiger partial charge in [-0.15, -0.1) is 0 Å². The SMILES string of the molecule is CC1C=C(c2cnc3[nH]cc(-c4cnn(C)c4)c3c2)CCC1. The van der Waals surface area contributed by atoms with Crippen molar-refractivity contribution in [3.8, 4) is 11.1 Å². The van der Waals surface area contributed by atoms with Gasteiger partial charge in [0.15, 0.2) is 0 Å². The number of allylic oxidation sites excluding steroid dienone is 2. The van der Waals surface area contributed by atoms with Crippen LogP contribution in [0.15, 0.2) is 36.9 Å². The number of H-pyrrole nitrogens is 1. The zero-order chi connectivity index (χ0) is 15.1. The quantitative estimate of drug-likeness (QED) is 0.770. The van der Waals surface area contributed by atoms with Crippen LogP contribution in [0.5, 0.6) is 0 Å². The zero-order valence-corrected chi connectivity index (χ0v) is 13.0. The van der Waals surface area contributed by atoms with E-state index in [0.717, 1.165) is 17.6 Å². The summed E-state index contributed by atoms with van der Waals surface area (Å²) in [6.45, 7) is 2.29. The monoisotopic (exact) mass is 292 g/mol. The molecule has 0 aliphatic heterocycles. The summed E-state index contributed by atoms with van der Waals surface area (Å²) >= 11 is 0. The number of aryl methyl sites for hydroxylation is 1. The minimum absolute atomic E-state index is 0.670. The molecular weight excluding hydrogens is 272 g/mol. The Hall–Kier alpha value is -2.36. The molecule has 112 valence electrons. The van der Waals surface area contributed by atoms with Crippen molar-refractivity contribution in [3.63, 3.8) is 0 Å². The Balaban J connectivity index is 1.83. The maximum Gasteiger partial charge on any atom is 0.137 e. The fourth-order valence-corrected chi connectivity index (χ4v) is 3.34. The Bertz CT molecular complexity index is 853. The molecule has 0 saturated carbocycles. The zero-order valence-electron chi connectivity index (χ0n) is 13.0. The smallest absolute Gasteiger partial charge is 0.137 e. The van der Waals surface area contributed by atoms with Gasteiger partial charge in [0.05, 0.1) is 6.20 Å². The molecular formula is C18H20N4. The van der Waals surface area contributed by atoms with Crippen LogP contribution in [0.1, 0.15) is 31.7 Å². The van der Waals surface area contributed by atoms with E-state index in [1.54, 1.807) is 0 Å². The minimum atomic E-state index is 0.670. The molecule has 1 N–H and O–H groups in total. The van der Waals surface area contributed by atoms with E-state index in [1.807, 2.05) is 36.5 Å². The molecule has 0 saturated heterocycles. The summed E-state index contributed by atoms with van der Waals surface area (Å²) < 4.78 is 1.83. The van der Waals surface area contributed by atoms with Gasteiger partial charge in [0.1, 0.15) is 5.65 Å². The van der Waals surface area contributed by atoms with Gasteiger partial charge < -0.3 is 4.98 Å². The minimum Gasteiger partial charge on any atom is -0.346 e. The summed E-state index contributed by atoms with van der Waals surface area (Å²) in [6, 6.07) is 2.27. The average Bonchev–Trinajstić information content (AvgIpc) is 3.12. The topological polar surface area (TPSA) is 46.5 Å². The second kappa shape index (κ2) is 5.13. The highest BCUT2D eigenvalue weighted by molar-refractivity contribution is 5.94. The Labute approximate surface area is 129 Å². The molecule has 0 amide bonds. The van der Waals surface area contributed by atoms with Crippen LogP contribution in [0.4, 0.5) is 0 Å². The van der Waals surface area contributed by atoms with E-state index in [2.05, 4.69) is 34.1 Å². The van der Waals surface area contributed by atoms with E-state index < -0.39 is 0 Å². The lowest BCUT2D eigenvalue weighted by Crippen LogP contribution is -2.00. The first-order valence-corrected chi connectivity index (χ1v) is 7.88. The van der Waals surface area contributed by atoms with Gasteiger partial charge in [-0.2, -0.15) is 5.10 Å². The summed E-state index contributed by atoms with van der Waals surface area (Å²) in [4.78, 5) is 7.88. The fraction of sp³-hybridized carbons (Fsp3) is 0.333. The fourth-order valence-electron chi connectivity index (χ4n) is 3.34. The second-order valence-corrected chi connectivity index (χ2v) is 6.29. The van der Waals surface area contributed by atoms with Crippen LogP contribution < -0.4 is 0 Å². The van der Waals surface area contributed by atoms with Gasteiger partial charge >= 0.3 is 0 Å². The van der Waals surface area contributed by atoms with Crippen molar-refractivity contribution in [1.82, 2.24) is 19.7 Å². The summed E-state index contributed by atoms with van der Waals surface area (Å²) in [6.07, 6.45) is 14.1. The van der Waals surface area contributed by atoms with Crippen molar-refractivity contribution in [2.45, 2.75) is 26.2 Å². The number of rotatable bonds is 2. The van der Waals surface area contributed by atoms with Crippen molar-refractivity contribution < 1.29 is 0 Å². The van der Waals surface area contributed by atoms with Gasteiger partial charge in [-0.3, -0.25) is 4.68 Å². The second-order valence-electron chi connectivity index (χ2n) is 6.29. The van der Waals surface area contributed by atoms with Crippen LogP contribution in [-0.2, 0) is 7.05 Å². The van der Waals surface area contributed by atoms with Crippen molar-refractivity contribution in [2.75, 3.05) is 0 Å². The highest BCUT2D eigenvalue weighted by Crippen LogP contribution is 2.33. The third kappa shape index (κ3) is 2.25. The molecule has 4 heteroatoms. The van der Waals surface area contributed by atoms with Crippen LogP contribution in [0.3, 0.4) is 0 Å². The first-order valence-electron chi connectivity index (χ1n) is 7.88. The van der Waals surface area contributed by atoms with E-state index in [1.165, 1.54) is 34.9 Å². The molecule has 4 rings (SSSR count). The summed E-state index contributed by atoms with van der Waals surface area (Å²) in [5.74, 6) is 0.670. The third-order valence-electron chi connectivity index (χ3n) is 4.51. The highest BCUT2D eigenvalue weighted by Gasteiger charge is 2.14. The van der Waals surface area contributed by atoms with Gasteiger partial charge in [-0.25, -0.2) is 4.98 Å². The number of aromatic amines is 1. The predicted octanol–water partition coefficient (Wildman–Crippen LogP) is 4.17. The molecule has 22 heavy (non-hydrogen) atoms. The van der Waals surface area contributed by atoms with Gasteiger partial charge in [-0.1, -0.05) is 13.0 Å². The number of nitrogens with zero attached hydrogens (tertiary/aromatic N) is 3. The predicted molar refractivity (Wildman–Crippen MR) is 89.3 cm³/mol. The van der Waals surface area contributed by atoms with Crippen molar-refractivity contribution in [2.24, 2.45) is 13.0 Å². The van der Waals surface area contributed by atoms with Gasteiger partial charge in [0, 0.05) is 42.2 Å². The molecule has 3 aromatic heterocycles. The largest absolute Gasteiger partial charge is 0.346 e. The number of aromatic nitrogens is 4. The van der Waals surface area contributed by atoms with Crippen LogP contribution in [-0.4, -0.2) is 19.7 Å². The molecule has 4 nitrogen and oxygen atoms in total. The van der Waals surface area contributed by atoms with E-state index in [4.69, 9.17) is 0 Å². The average molecular weight is 292 g/mol. The maximum absolute atomic E-state index is 4.61. The molecule has 3 heterocycles. The van der Waals surface area contributed by atoms with E-state index >= 15 is 0 Å². The standard InChI is InChI=1S/C18H20N4/c1-12-4-3-5-13(6-12)14-7-16-17(10-20-18(16)19-8-14)15-9-21-22(2)11-15/h6-12H,3-5H2,1-2H3,(H,19,20). The highest BCUT2D eigenvalue weighted by atomic mass is 15.2. The van der Waals surface area contributed by atoms with Gasteiger partial charge in [0.2, 0.25) is 0 Å². The van der Waals surface area contributed by atoms with Crippen LogP contribution in [0.25, 0.3) is 27.7 Å². The lowest BCUT2D eigenvalue weighted by molar-refractivity contribution is 0.592. The van der Waals surface area contributed by atoms with E-state index in [9.17, 15) is 0 Å². The number of hydrogen-bond donors (Lipinski definition) is 1. The first-order chi connectivity index (χ1) is 10.7. The molecule has 3 aromatic rings. The van der Waals surface area contributed by atoms with Crippen LogP contribution >= 0.6 is 0 Å². The Morgan fingerprint density at radius 2 is 2.18 bits per heavy atom. The normalized spacial score (nSPS) is 18.6. The van der Waals surface area contributed by atoms with Crippen molar-refractivity contribution in [3.05, 3.63) is 42.5 Å². The first kappa shape index (κ1) is 13.3. The lowest BCUT2D eigenvalue weighted by Gasteiger charge is -2.17. The molecule has 1 aliphatic rings. The molecule has 0 aromatic carbocycles. The third-order valence-corrected chi connectivity index (χ3v) is 4.51. The maximum atomic E-state index is 4.61. The van der Waals surface area contributed by atoms with E-state index in [-0.39, 0.29) is 0 Å². The Morgan fingerprint density at radius 1 is 1.27 bits per heavy atom. The van der Waals surface area contributed by atoms with Gasteiger partial charge in [0.25, 0.3) is 0 Å². The summed E-state index contributed by atoms with van der Waals surface area (Å²) in [7, 11) is 1.94. The lowest BCUT2D eigenvalue weighted by atomic mass is 9.88. The van der Waals surface area contributed by atoms with Gasteiger partial charge in [-0.05, 0) is 42.4 Å². The molecule has 1 unspecified atom stereocenters. The summed E-state index contributed by atoms with van der Waals surface area (Å²) in [5.41, 5.74) is 5.92. The van der Waals surface area contributed by atoms with Crippen molar-refractivity contribution in [1.29, 1.82) is 0 Å². The number of fused-ring (bicyclic) bond motifs is 1. The molecule has 1 atom stereocenters. The van der Waals surface area contributed by atoms with Crippen molar-refractivity contribution >= 4 is 16.6 Å². The molecule has 0 radical (unpaired) electrons. The molecule has 1 aliphatic carbocycles. The Kier molecular flexibility index (Phi) is 3.10. The van der Waals surface area contributed by atoms with Crippen LogP contribution in [0.2, 0.25) is 0 Å². The number of nitrogens with one attached hydrogen (secondary N) is 1. The Morgan fingerprint density at radius 3 is 2.95 bits per heavy atom. The summed E-state index contributed by atoms with van der Waals surface area (Å²) in [5, 5.41) is 5.44. The molecule has 0 spiro atoms. The number of hydrogen-bond acceptors (Lipinski definition) is 2. The van der Waals surface area contributed by atoms with Crippen LogP contribution in [0, 0.1) is 5.92 Å². The van der Waals surface area contributed by atoms with E-state index in [0.29, 0.717) is 5.92 Å². The molecule has 0 fully saturated rings. The number of pyridine rings is 1. The molecule has 0 bridgehead atoms.